The van der Waals surface area contributed by atoms with Gasteiger partial charge in [-0.25, -0.2) is 0 Å². The minimum Gasteiger partial charge on any atom is -0.366 e. The first kappa shape index (κ1) is 14.5. The second kappa shape index (κ2) is 5.58. The molecular weight excluding hydrogens is 258 g/mol. The van der Waals surface area contributed by atoms with Crippen molar-refractivity contribution in [1.82, 2.24) is 4.90 Å². The number of hydrogen-bond acceptors (Lipinski definition) is 5. The lowest BCUT2D eigenvalue weighted by Gasteiger charge is -2.40. The number of rotatable bonds is 3. The summed E-state index contributed by atoms with van der Waals surface area (Å²) in [5.74, 6) is -0.144. The van der Waals surface area contributed by atoms with Gasteiger partial charge < -0.3 is 9.80 Å². The highest BCUT2D eigenvalue weighted by atomic mass is 16.6. The number of anilines is 1. The summed E-state index contributed by atoms with van der Waals surface area (Å²) in [5.41, 5.74) is 1.18. The molecule has 0 aromatic heterocycles. The van der Waals surface area contributed by atoms with Gasteiger partial charge >= 0.3 is 0 Å². The number of Topliss-reactive ketones (excluding diaryl/α,β-unsaturated/α-hetero) is 1. The van der Waals surface area contributed by atoms with Crippen LogP contribution in [-0.2, 0) is 0 Å². The van der Waals surface area contributed by atoms with Crippen molar-refractivity contribution in [3.8, 4) is 0 Å². The third-order valence-electron chi connectivity index (χ3n) is 3.71. The fraction of sp³-hybridized carbons (Fsp3) is 0.500. The number of nitrogens with zero attached hydrogens (tertiary/aromatic N) is 3. The fourth-order valence-corrected chi connectivity index (χ4v) is 2.67. The molecule has 1 aromatic rings. The predicted octanol–water partition coefficient (Wildman–Crippen LogP) is 1.94. The third-order valence-corrected chi connectivity index (χ3v) is 3.71. The largest absolute Gasteiger partial charge is 0.366 e. The highest BCUT2D eigenvalue weighted by molar-refractivity contribution is 6.00. The Labute approximate surface area is 118 Å². The molecule has 6 nitrogen and oxygen atoms in total. The number of nitro groups is 1. The zero-order valence-electron chi connectivity index (χ0n) is 12.0. The van der Waals surface area contributed by atoms with Crippen LogP contribution in [0.15, 0.2) is 18.2 Å². The monoisotopic (exact) mass is 277 g/mol. The first-order chi connectivity index (χ1) is 9.40. The van der Waals surface area contributed by atoms with Crippen molar-refractivity contribution in [1.29, 1.82) is 0 Å². The molecule has 108 valence electrons. The van der Waals surface area contributed by atoms with Crippen molar-refractivity contribution >= 4 is 17.2 Å². The van der Waals surface area contributed by atoms with Crippen LogP contribution in [0, 0.1) is 10.1 Å². The molecule has 0 bridgehead atoms. The van der Waals surface area contributed by atoms with Crippen LogP contribution in [0.1, 0.15) is 24.2 Å². The molecule has 1 unspecified atom stereocenters. The Bertz CT molecular complexity index is 544. The van der Waals surface area contributed by atoms with E-state index in [-0.39, 0.29) is 17.5 Å². The molecule has 2 rings (SSSR count). The van der Waals surface area contributed by atoms with Crippen LogP contribution >= 0.6 is 0 Å². The Hall–Kier alpha value is -1.95. The maximum atomic E-state index is 11.8. The van der Waals surface area contributed by atoms with Crippen LogP contribution in [0.4, 0.5) is 11.4 Å². The van der Waals surface area contributed by atoms with Crippen molar-refractivity contribution in [3.63, 3.8) is 0 Å². The molecule has 0 saturated carbocycles. The first-order valence-electron chi connectivity index (χ1n) is 6.64. The standard InChI is InChI=1S/C14H19N3O3/c1-10-9-15(3)6-7-16(10)14-5-4-12(17(19)20)8-13(14)11(2)18/h4-5,8,10H,6-7,9H2,1-3H3. The number of carbonyl (C=O) groups excluding carboxylic acids is 1. The number of hydrogen-bond donors (Lipinski definition) is 0. The van der Waals surface area contributed by atoms with Crippen LogP contribution in [0.3, 0.4) is 0 Å². The summed E-state index contributed by atoms with van der Waals surface area (Å²) >= 11 is 0. The number of non-ortho nitro benzene ring substituents is 1. The second-order valence-corrected chi connectivity index (χ2v) is 5.32. The molecule has 1 aromatic carbocycles. The first-order valence-corrected chi connectivity index (χ1v) is 6.64. The van der Waals surface area contributed by atoms with Gasteiger partial charge in [-0.1, -0.05) is 0 Å². The summed E-state index contributed by atoms with van der Waals surface area (Å²) in [6.07, 6.45) is 0. The molecule has 0 radical (unpaired) electrons. The molecule has 0 amide bonds. The Morgan fingerprint density at radius 1 is 1.40 bits per heavy atom. The molecule has 1 aliphatic heterocycles. The van der Waals surface area contributed by atoms with Gasteiger partial charge in [0, 0.05) is 49.1 Å². The second-order valence-electron chi connectivity index (χ2n) is 5.32. The molecule has 0 spiro atoms. The number of piperazine rings is 1. The molecule has 1 fully saturated rings. The summed E-state index contributed by atoms with van der Waals surface area (Å²) < 4.78 is 0. The van der Waals surface area contributed by atoms with E-state index in [0.717, 1.165) is 25.3 Å². The Kier molecular flexibility index (Phi) is 4.04. The van der Waals surface area contributed by atoms with E-state index in [9.17, 15) is 14.9 Å². The third kappa shape index (κ3) is 2.80. The summed E-state index contributed by atoms with van der Waals surface area (Å²) in [4.78, 5) is 26.6. The van der Waals surface area contributed by atoms with Crippen LogP contribution < -0.4 is 4.90 Å². The van der Waals surface area contributed by atoms with Crippen molar-refractivity contribution in [2.24, 2.45) is 0 Å². The van der Waals surface area contributed by atoms with E-state index in [0.29, 0.717) is 5.56 Å². The van der Waals surface area contributed by atoms with Gasteiger partial charge in [0.05, 0.1) is 4.92 Å². The van der Waals surface area contributed by atoms with E-state index in [4.69, 9.17) is 0 Å². The van der Waals surface area contributed by atoms with E-state index in [1.807, 2.05) is 0 Å². The minimum atomic E-state index is -0.469. The van der Waals surface area contributed by atoms with Gasteiger partial charge in [-0.3, -0.25) is 14.9 Å². The lowest BCUT2D eigenvalue weighted by Crippen LogP contribution is -2.50. The highest BCUT2D eigenvalue weighted by Crippen LogP contribution is 2.28. The zero-order valence-corrected chi connectivity index (χ0v) is 12.0. The van der Waals surface area contributed by atoms with Crippen molar-refractivity contribution in [2.45, 2.75) is 19.9 Å². The zero-order chi connectivity index (χ0) is 14.9. The maximum absolute atomic E-state index is 11.8. The molecule has 0 aliphatic carbocycles. The summed E-state index contributed by atoms with van der Waals surface area (Å²) in [7, 11) is 2.07. The van der Waals surface area contributed by atoms with Crippen LogP contribution in [0.5, 0.6) is 0 Å². The lowest BCUT2D eigenvalue weighted by molar-refractivity contribution is -0.384. The molecular formula is C14H19N3O3. The Morgan fingerprint density at radius 3 is 2.65 bits per heavy atom. The van der Waals surface area contributed by atoms with Gasteiger partial charge in [0.15, 0.2) is 5.78 Å². The molecule has 1 atom stereocenters. The SMILES string of the molecule is CC(=O)c1cc([N+](=O)[O-])ccc1N1CCN(C)CC1C. The van der Waals surface area contributed by atoms with Gasteiger partial charge in [-0.2, -0.15) is 0 Å². The average Bonchev–Trinajstić information content (AvgIpc) is 2.38. The van der Waals surface area contributed by atoms with Gasteiger partial charge in [0.2, 0.25) is 0 Å². The van der Waals surface area contributed by atoms with Crippen LogP contribution in [-0.4, -0.2) is 48.3 Å². The van der Waals surface area contributed by atoms with Crippen LogP contribution in [0.25, 0.3) is 0 Å². The number of nitro benzene ring substituents is 1. The molecule has 1 saturated heterocycles. The summed E-state index contributed by atoms with van der Waals surface area (Å²) in [6.45, 7) is 6.19. The lowest BCUT2D eigenvalue weighted by atomic mass is 10.0. The van der Waals surface area contributed by atoms with Crippen molar-refractivity contribution in [2.75, 3.05) is 31.6 Å². The number of likely N-dealkylation sites (N-methyl/N-ethyl adjacent to an activating group) is 1. The molecule has 1 heterocycles. The average molecular weight is 277 g/mol. The molecule has 0 N–H and O–H groups in total. The molecule has 6 heteroatoms. The Balaban J connectivity index is 2.40. The quantitative estimate of drug-likeness (QED) is 0.480. The normalized spacial score (nSPS) is 19.9. The number of ketones is 1. The van der Waals surface area contributed by atoms with Gasteiger partial charge in [-0.05, 0) is 27.0 Å². The van der Waals surface area contributed by atoms with Crippen LogP contribution in [0.2, 0.25) is 0 Å². The number of benzene rings is 1. The van der Waals surface area contributed by atoms with Crippen molar-refractivity contribution < 1.29 is 9.72 Å². The summed E-state index contributed by atoms with van der Waals surface area (Å²) in [5, 5.41) is 10.8. The molecule has 1 aliphatic rings. The van der Waals surface area contributed by atoms with Gasteiger partial charge in [0.25, 0.3) is 5.69 Å². The predicted molar refractivity (Wildman–Crippen MR) is 77.4 cm³/mol. The van der Waals surface area contributed by atoms with E-state index in [1.54, 1.807) is 6.07 Å². The smallest absolute Gasteiger partial charge is 0.270 e. The van der Waals surface area contributed by atoms with Crippen molar-refractivity contribution in [3.05, 3.63) is 33.9 Å². The van der Waals surface area contributed by atoms with Gasteiger partial charge in [0.1, 0.15) is 0 Å². The van der Waals surface area contributed by atoms with E-state index >= 15 is 0 Å². The summed E-state index contributed by atoms with van der Waals surface area (Å²) in [6, 6.07) is 4.81. The minimum absolute atomic E-state index is 0.0410. The van der Waals surface area contributed by atoms with Gasteiger partial charge in [-0.15, -0.1) is 0 Å². The topological polar surface area (TPSA) is 66.7 Å². The number of carbonyl (C=O) groups is 1. The van der Waals surface area contributed by atoms with E-state index in [2.05, 4.69) is 23.8 Å². The highest BCUT2D eigenvalue weighted by Gasteiger charge is 2.25. The Morgan fingerprint density at radius 2 is 2.10 bits per heavy atom. The van der Waals surface area contributed by atoms with E-state index < -0.39 is 4.92 Å². The maximum Gasteiger partial charge on any atom is 0.270 e. The van der Waals surface area contributed by atoms with E-state index in [1.165, 1.54) is 19.1 Å². The molecule has 20 heavy (non-hydrogen) atoms. The fourth-order valence-electron chi connectivity index (χ4n) is 2.67.